The molecule has 1 aliphatic carbocycles. The van der Waals surface area contributed by atoms with Crippen LogP contribution in [-0.2, 0) is 11.2 Å². The summed E-state index contributed by atoms with van der Waals surface area (Å²) in [5.41, 5.74) is 6.33. The fraction of sp³-hybridized carbons (Fsp3) is 0.222. The van der Waals surface area contributed by atoms with Gasteiger partial charge < -0.3 is 5.32 Å². The molecule has 3 nitrogen and oxygen atoms in total. The SMILES string of the molecule is O=C(CC1CCc2ccccc21)Nc1ccc2scnc2c1. The van der Waals surface area contributed by atoms with Crippen molar-refractivity contribution in [2.24, 2.45) is 0 Å². The van der Waals surface area contributed by atoms with E-state index < -0.39 is 0 Å². The molecule has 0 bridgehead atoms. The summed E-state index contributed by atoms with van der Waals surface area (Å²) in [6.45, 7) is 0. The molecule has 4 heteroatoms. The van der Waals surface area contributed by atoms with E-state index >= 15 is 0 Å². The number of nitrogens with zero attached hydrogens (tertiary/aromatic N) is 1. The lowest BCUT2D eigenvalue weighted by Crippen LogP contribution is -2.14. The number of aromatic nitrogens is 1. The number of anilines is 1. The van der Waals surface area contributed by atoms with Gasteiger partial charge >= 0.3 is 0 Å². The van der Waals surface area contributed by atoms with Crippen LogP contribution < -0.4 is 5.32 Å². The number of rotatable bonds is 3. The summed E-state index contributed by atoms with van der Waals surface area (Å²) in [6, 6.07) is 14.3. The van der Waals surface area contributed by atoms with E-state index in [0.29, 0.717) is 12.3 Å². The monoisotopic (exact) mass is 308 g/mol. The van der Waals surface area contributed by atoms with E-state index in [0.717, 1.165) is 28.7 Å². The minimum absolute atomic E-state index is 0.0799. The molecule has 0 radical (unpaired) electrons. The van der Waals surface area contributed by atoms with Gasteiger partial charge in [-0.15, -0.1) is 11.3 Å². The average molecular weight is 308 g/mol. The third kappa shape index (κ3) is 2.50. The predicted octanol–water partition coefficient (Wildman–Crippen LogP) is 4.35. The molecule has 1 aromatic heterocycles. The highest BCUT2D eigenvalue weighted by Crippen LogP contribution is 2.35. The van der Waals surface area contributed by atoms with Gasteiger partial charge in [-0.1, -0.05) is 24.3 Å². The Morgan fingerprint density at radius 1 is 1.27 bits per heavy atom. The first-order chi connectivity index (χ1) is 10.8. The van der Waals surface area contributed by atoms with Gasteiger partial charge in [-0.3, -0.25) is 4.79 Å². The summed E-state index contributed by atoms with van der Waals surface area (Å²) in [5, 5.41) is 3.01. The van der Waals surface area contributed by atoms with Crippen molar-refractivity contribution in [2.75, 3.05) is 5.32 Å². The van der Waals surface area contributed by atoms with Crippen LogP contribution >= 0.6 is 11.3 Å². The van der Waals surface area contributed by atoms with Crippen molar-refractivity contribution in [2.45, 2.75) is 25.2 Å². The first-order valence-electron chi connectivity index (χ1n) is 7.50. The molecule has 110 valence electrons. The number of aryl methyl sites for hydroxylation is 1. The highest BCUT2D eigenvalue weighted by atomic mass is 32.1. The Bertz CT molecular complexity index is 840. The summed E-state index contributed by atoms with van der Waals surface area (Å²) in [4.78, 5) is 16.6. The Hall–Kier alpha value is -2.20. The Morgan fingerprint density at radius 2 is 2.18 bits per heavy atom. The summed E-state index contributed by atoms with van der Waals surface area (Å²) in [6.07, 6.45) is 2.70. The quantitative estimate of drug-likeness (QED) is 0.781. The molecule has 0 spiro atoms. The first kappa shape index (κ1) is 13.5. The van der Waals surface area contributed by atoms with Crippen molar-refractivity contribution in [1.29, 1.82) is 0 Å². The normalized spacial score (nSPS) is 16.6. The Labute approximate surface area is 133 Å². The van der Waals surface area contributed by atoms with Crippen molar-refractivity contribution >= 4 is 33.1 Å². The molecule has 1 unspecified atom stereocenters. The molecule has 0 aliphatic heterocycles. The van der Waals surface area contributed by atoms with Crippen molar-refractivity contribution in [1.82, 2.24) is 4.98 Å². The number of fused-ring (bicyclic) bond motifs is 2. The first-order valence-corrected chi connectivity index (χ1v) is 8.38. The molecule has 0 saturated carbocycles. The topological polar surface area (TPSA) is 42.0 Å². The Balaban J connectivity index is 1.47. The number of nitrogens with one attached hydrogen (secondary N) is 1. The molecule has 2 aromatic carbocycles. The number of amides is 1. The van der Waals surface area contributed by atoms with E-state index in [1.165, 1.54) is 11.1 Å². The zero-order chi connectivity index (χ0) is 14.9. The fourth-order valence-electron chi connectivity index (χ4n) is 3.23. The molecule has 1 amide bonds. The summed E-state index contributed by atoms with van der Waals surface area (Å²) in [5.74, 6) is 0.426. The average Bonchev–Trinajstić information content (AvgIpc) is 3.14. The fourth-order valence-corrected chi connectivity index (χ4v) is 3.89. The summed E-state index contributed by atoms with van der Waals surface area (Å²) >= 11 is 1.61. The molecule has 0 saturated heterocycles. The van der Waals surface area contributed by atoms with Gasteiger partial charge in [0.1, 0.15) is 0 Å². The zero-order valence-corrected chi connectivity index (χ0v) is 12.9. The minimum Gasteiger partial charge on any atom is -0.326 e. The largest absolute Gasteiger partial charge is 0.326 e. The van der Waals surface area contributed by atoms with Gasteiger partial charge in [-0.05, 0) is 48.1 Å². The molecule has 1 aliphatic rings. The van der Waals surface area contributed by atoms with Gasteiger partial charge in [-0.25, -0.2) is 4.98 Å². The van der Waals surface area contributed by atoms with Gasteiger partial charge in [0.25, 0.3) is 0 Å². The standard InChI is InChI=1S/C18H16N2OS/c21-18(9-13-6-5-12-3-1-2-4-15(12)13)20-14-7-8-17-16(10-14)19-11-22-17/h1-4,7-8,10-11,13H,5-6,9H2,(H,20,21). The van der Waals surface area contributed by atoms with E-state index in [1.54, 1.807) is 11.3 Å². The number of benzene rings is 2. The van der Waals surface area contributed by atoms with Gasteiger partial charge in [-0.2, -0.15) is 0 Å². The number of carbonyl (C=O) groups is 1. The van der Waals surface area contributed by atoms with E-state index in [9.17, 15) is 4.79 Å². The molecule has 0 fully saturated rings. The maximum absolute atomic E-state index is 12.3. The van der Waals surface area contributed by atoms with Gasteiger partial charge in [0.05, 0.1) is 15.7 Å². The van der Waals surface area contributed by atoms with Crippen LogP contribution in [0.1, 0.15) is 29.9 Å². The lowest BCUT2D eigenvalue weighted by Gasteiger charge is -2.11. The van der Waals surface area contributed by atoms with Crippen LogP contribution in [0.2, 0.25) is 0 Å². The molecular formula is C18H16N2OS. The van der Waals surface area contributed by atoms with Crippen LogP contribution in [0.25, 0.3) is 10.2 Å². The van der Waals surface area contributed by atoms with E-state index in [-0.39, 0.29) is 5.91 Å². The molecule has 1 heterocycles. The highest BCUT2D eigenvalue weighted by Gasteiger charge is 2.24. The Morgan fingerprint density at radius 3 is 3.14 bits per heavy atom. The molecule has 1 N–H and O–H groups in total. The second-order valence-corrected chi connectivity index (χ2v) is 6.61. The van der Waals surface area contributed by atoms with Gasteiger partial charge in [0.15, 0.2) is 0 Å². The van der Waals surface area contributed by atoms with E-state index in [1.807, 2.05) is 23.7 Å². The maximum atomic E-state index is 12.3. The number of thiazole rings is 1. The smallest absolute Gasteiger partial charge is 0.224 e. The summed E-state index contributed by atoms with van der Waals surface area (Å²) in [7, 11) is 0. The molecule has 22 heavy (non-hydrogen) atoms. The van der Waals surface area contributed by atoms with Gasteiger partial charge in [0, 0.05) is 12.1 Å². The van der Waals surface area contributed by atoms with Crippen molar-refractivity contribution < 1.29 is 4.79 Å². The van der Waals surface area contributed by atoms with Crippen molar-refractivity contribution in [3.05, 3.63) is 59.1 Å². The second kappa shape index (κ2) is 5.54. The van der Waals surface area contributed by atoms with Crippen LogP contribution in [0.4, 0.5) is 5.69 Å². The molecule has 4 rings (SSSR count). The molecule has 1 atom stereocenters. The molecular weight excluding hydrogens is 292 g/mol. The van der Waals surface area contributed by atoms with Crippen LogP contribution in [0, 0.1) is 0 Å². The highest BCUT2D eigenvalue weighted by molar-refractivity contribution is 7.16. The van der Waals surface area contributed by atoms with E-state index in [4.69, 9.17) is 0 Å². The minimum atomic E-state index is 0.0799. The Kier molecular flexibility index (Phi) is 3.39. The van der Waals surface area contributed by atoms with Crippen molar-refractivity contribution in [3.8, 4) is 0 Å². The lowest BCUT2D eigenvalue weighted by atomic mass is 9.97. The van der Waals surface area contributed by atoms with Crippen LogP contribution in [0.15, 0.2) is 48.0 Å². The predicted molar refractivity (Wildman–Crippen MR) is 90.4 cm³/mol. The van der Waals surface area contributed by atoms with Gasteiger partial charge in [0.2, 0.25) is 5.91 Å². The van der Waals surface area contributed by atoms with Crippen molar-refractivity contribution in [3.63, 3.8) is 0 Å². The molecule has 3 aromatic rings. The number of hydrogen-bond acceptors (Lipinski definition) is 3. The third-order valence-electron chi connectivity index (χ3n) is 4.30. The van der Waals surface area contributed by atoms with Crippen LogP contribution in [0.3, 0.4) is 0 Å². The van der Waals surface area contributed by atoms with E-state index in [2.05, 4.69) is 34.6 Å². The van der Waals surface area contributed by atoms with Crippen LogP contribution in [0.5, 0.6) is 0 Å². The summed E-state index contributed by atoms with van der Waals surface area (Å²) < 4.78 is 1.14. The van der Waals surface area contributed by atoms with Crippen LogP contribution in [-0.4, -0.2) is 10.9 Å². The number of carbonyl (C=O) groups excluding carboxylic acids is 1. The third-order valence-corrected chi connectivity index (χ3v) is 5.11. The lowest BCUT2D eigenvalue weighted by molar-refractivity contribution is -0.116. The maximum Gasteiger partial charge on any atom is 0.224 e. The number of hydrogen-bond donors (Lipinski definition) is 1. The zero-order valence-electron chi connectivity index (χ0n) is 12.1. The second-order valence-electron chi connectivity index (χ2n) is 5.72.